The lowest BCUT2D eigenvalue weighted by molar-refractivity contribution is 0.0802. The number of carbonyl (C=O) groups is 2. The van der Waals surface area contributed by atoms with E-state index >= 15 is 0 Å². The molecule has 0 aliphatic heterocycles. The normalized spacial score (nSPS) is 12.0. The molecule has 0 fully saturated rings. The second kappa shape index (κ2) is 9.06. The van der Waals surface area contributed by atoms with Gasteiger partial charge in [-0.05, 0) is 18.2 Å². The highest BCUT2D eigenvalue weighted by Crippen LogP contribution is 2.12. The first kappa shape index (κ1) is 18.8. The maximum absolute atomic E-state index is 12.0. The van der Waals surface area contributed by atoms with Gasteiger partial charge in [0.05, 0.1) is 32.0 Å². The fourth-order valence-electron chi connectivity index (χ4n) is 1.71. The molecule has 1 aromatic rings. The number of rotatable bonds is 8. The van der Waals surface area contributed by atoms with Gasteiger partial charge in [-0.2, -0.15) is 0 Å². The second-order valence-corrected chi connectivity index (χ2v) is 4.93. The number of aliphatic hydroxyl groups is 4. The van der Waals surface area contributed by atoms with Crippen LogP contribution in [-0.2, 0) is 0 Å². The van der Waals surface area contributed by atoms with E-state index in [1.54, 1.807) is 0 Å². The van der Waals surface area contributed by atoms with Gasteiger partial charge >= 0.3 is 0 Å². The van der Waals surface area contributed by atoms with Crippen molar-refractivity contribution >= 4 is 17.5 Å². The Labute approximate surface area is 132 Å². The second-order valence-electron chi connectivity index (χ2n) is 4.93. The number of hydrogen-bond acceptors (Lipinski definition) is 7. The third-order valence-corrected chi connectivity index (χ3v) is 2.96. The van der Waals surface area contributed by atoms with E-state index in [0.717, 1.165) is 0 Å². The maximum atomic E-state index is 12.0. The van der Waals surface area contributed by atoms with Gasteiger partial charge in [0.1, 0.15) is 0 Å². The van der Waals surface area contributed by atoms with E-state index in [1.807, 2.05) is 0 Å². The molecule has 1 unspecified atom stereocenters. The van der Waals surface area contributed by atoms with E-state index in [0.29, 0.717) is 0 Å². The fraction of sp³-hybridized carbons (Fsp3) is 0.429. The van der Waals surface area contributed by atoms with Crippen molar-refractivity contribution in [3.8, 4) is 0 Å². The van der Waals surface area contributed by atoms with Gasteiger partial charge in [0.25, 0.3) is 11.8 Å². The zero-order valence-electron chi connectivity index (χ0n) is 12.4. The number of amides is 2. The molecular formula is C14H21N3O6. The molecule has 0 bridgehead atoms. The van der Waals surface area contributed by atoms with Crippen molar-refractivity contribution in [2.75, 3.05) is 32.1 Å². The largest absolute Gasteiger partial charge is 0.399 e. The third kappa shape index (κ3) is 5.83. The predicted octanol–water partition coefficient (Wildman–Crippen LogP) is -2.57. The van der Waals surface area contributed by atoms with Gasteiger partial charge in [-0.25, -0.2) is 0 Å². The smallest absolute Gasteiger partial charge is 0.251 e. The van der Waals surface area contributed by atoms with E-state index in [-0.39, 0.29) is 23.4 Å². The van der Waals surface area contributed by atoms with E-state index in [2.05, 4.69) is 10.6 Å². The Kier molecular flexibility index (Phi) is 7.42. The molecule has 2 amide bonds. The lowest BCUT2D eigenvalue weighted by Gasteiger charge is -2.14. The average Bonchev–Trinajstić information content (AvgIpc) is 2.56. The number of carbonyl (C=O) groups excluding carboxylic acids is 2. The fourth-order valence-corrected chi connectivity index (χ4v) is 1.71. The summed E-state index contributed by atoms with van der Waals surface area (Å²) in [6, 6.07) is 3.17. The molecule has 0 aromatic heterocycles. The first-order chi connectivity index (χ1) is 10.9. The van der Waals surface area contributed by atoms with E-state index in [4.69, 9.17) is 21.1 Å². The first-order valence-corrected chi connectivity index (χ1v) is 6.91. The van der Waals surface area contributed by atoms with Crippen LogP contribution in [0.3, 0.4) is 0 Å². The van der Waals surface area contributed by atoms with Gasteiger partial charge in [-0.3, -0.25) is 9.59 Å². The van der Waals surface area contributed by atoms with E-state index in [9.17, 15) is 14.7 Å². The highest BCUT2D eigenvalue weighted by atomic mass is 16.3. The predicted molar refractivity (Wildman–Crippen MR) is 81.7 cm³/mol. The lowest BCUT2D eigenvalue weighted by Crippen LogP contribution is -2.40. The number of nitrogens with two attached hydrogens (primary N) is 1. The molecule has 9 nitrogen and oxygen atoms in total. The number of aliphatic hydroxyl groups excluding tert-OH is 4. The molecule has 0 aliphatic rings. The molecule has 0 radical (unpaired) electrons. The minimum Gasteiger partial charge on any atom is -0.399 e. The number of benzene rings is 1. The summed E-state index contributed by atoms with van der Waals surface area (Å²) in [7, 11) is 0. The standard InChI is InChI=1S/C14H21N3O6/c15-10-2-8(13(22)16-4-12(21)7-20)1-9(3-10)14(23)17-11(5-18)6-19/h1-3,11-12,18-21H,4-7,15H2,(H,16,22)(H,17,23). The molecule has 0 saturated carbocycles. The number of hydrogen-bond donors (Lipinski definition) is 7. The van der Waals surface area contributed by atoms with Crippen LogP contribution in [0.4, 0.5) is 5.69 Å². The Balaban J connectivity index is 2.86. The molecule has 1 atom stereocenters. The maximum Gasteiger partial charge on any atom is 0.251 e. The number of nitrogens with one attached hydrogen (secondary N) is 2. The van der Waals surface area contributed by atoms with Crippen LogP contribution in [0.2, 0.25) is 0 Å². The minimum absolute atomic E-state index is 0.0877. The average molecular weight is 327 g/mol. The van der Waals surface area contributed by atoms with Crippen molar-refractivity contribution in [3.05, 3.63) is 29.3 Å². The zero-order chi connectivity index (χ0) is 17.4. The lowest BCUT2D eigenvalue weighted by atomic mass is 10.1. The molecule has 0 spiro atoms. The third-order valence-electron chi connectivity index (χ3n) is 2.96. The van der Waals surface area contributed by atoms with Gasteiger partial charge < -0.3 is 36.8 Å². The SMILES string of the molecule is Nc1cc(C(=O)NCC(O)CO)cc(C(=O)NC(CO)CO)c1. The zero-order valence-corrected chi connectivity index (χ0v) is 12.4. The summed E-state index contributed by atoms with van der Waals surface area (Å²) in [4.78, 5) is 24.0. The van der Waals surface area contributed by atoms with Crippen LogP contribution >= 0.6 is 0 Å². The van der Waals surface area contributed by atoms with E-state index < -0.39 is 43.8 Å². The molecule has 1 rings (SSSR count). The van der Waals surface area contributed by atoms with Crippen molar-refractivity contribution in [1.82, 2.24) is 10.6 Å². The Hall–Kier alpha value is -2.20. The Bertz CT molecular complexity index is 547. The molecular weight excluding hydrogens is 306 g/mol. The van der Waals surface area contributed by atoms with Gasteiger partial charge in [0, 0.05) is 23.4 Å². The van der Waals surface area contributed by atoms with Crippen LogP contribution in [0.1, 0.15) is 20.7 Å². The van der Waals surface area contributed by atoms with Crippen LogP contribution in [0.15, 0.2) is 18.2 Å². The highest BCUT2D eigenvalue weighted by Gasteiger charge is 2.16. The molecule has 0 aliphatic carbocycles. The molecule has 23 heavy (non-hydrogen) atoms. The van der Waals surface area contributed by atoms with Gasteiger partial charge in [-0.15, -0.1) is 0 Å². The highest BCUT2D eigenvalue weighted by molar-refractivity contribution is 6.01. The number of anilines is 1. The van der Waals surface area contributed by atoms with Crippen LogP contribution in [0.5, 0.6) is 0 Å². The van der Waals surface area contributed by atoms with Crippen molar-refractivity contribution in [3.63, 3.8) is 0 Å². The monoisotopic (exact) mass is 327 g/mol. The minimum atomic E-state index is -1.09. The summed E-state index contributed by atoms with van der Waals surface area (Å²) >= 11 is 0. The molecule has 128 valence electrons. The van der Waals surface area contributed by atoms with Crippen molar-refractivity contribution in [2.45, 2.75) is 12.1 Å². The molecule has 8 N–H and O–H groups in total. The summed E-state index contributed by atoms with van der Waals surface area (Å²) in [5.41, 5.74) is 6.03. The van der Waals surface area contributed by atoms with Crippen LogP contribution in [-0.4, -0.2) is 70.8 Å². The van der Waals surface area contributed by atoms with Gasteiger partial charge in [-0.1, -0.05) is 0 Å². The first-order valence-electron chi connectivity index (χ1n) is 6.91. The van der Waals surface area contributed by atoms with E-state index in [1.165, 1.54) is 18.2 Å². The van der Waals surface area contributed by atoms with Crippen LogP contribution < -0.4 is 16.4 Å². The topological polar surface area (TPSA) is 165 Å². The van der Waals surface area contributed by atoms with Crippen molar-refractivity contribution < 1.29 is 30.0 Å². The number of nitrogen functional groups attached to an aromatic ring is 1. The van der Waals surface area contributed by atoms with Crippen LogP contribution in [0.25, 0.3) is 0 Å². The van der Waals surface area contributed by atoms with Crippen LogP contribution in [0, 0.1) is 0 Å². The quantitative estimate of drug-likeness (QED) is 0.258. The summed E-state index contributed by atoms with van der Waals surface area (Å²) < 4.78 is 0. The Morgan fingerprint density at radius 3 is 2.09 bits per heavy atom. The Morgan fingerprint density at radius 1 is 1.00 bits per heavy atom. The summed E-state index contributed by atoms with van der Waals surface area (Å²) in [6.07, 6.45) is -1.09. The Morgan fingerprint density at radius 2 is 1.57 bits per heavy atom. The summed E-state index contributed by atoms with van der Waals surface area (Å²) in [6.45, 7) is -1.51. The summed E-state index contributed by atoms with van der Waals surface area (Å²) in [5.74, 6) is -1.17. The molecule has 9 heteroatoms. The molecule has 0 heterocycles. The summed E-state index contributed by atoms with van der Waals surface area (Å²) in [5, 5.41) is 40.6. The van der Waals surface area contributed by atoms with Gasteiger partial charge in [0.2, 0.25) is 0 Å². The van der Waals surface area contributed by atoms with Crippen molar-refractivity contribution in [1.29, 1.82) is 0 Å². The molecule has 1 aromatic carbocycles. The van der Waals surface area contributed by atoms with Gasteiger partial charge in [0.15, 0.2) is 0 Å². The van der Waals surface area contributed by atoms with Crippen molar-refractivity contribution in [2.24, 2.45) is 0 Å². The molecule has 0 saturated heterocycles.